The predicted octanol–water partition coefficient (Wildman–Crippen LogP) is 6.41. The van der Waals surface area contributed by atoms with Crippen LogP contribution in [0.2, 0.25) is 0 Å². The zero-order valence-corrected chi connectivity index (χ0v) is 22.4. The first-order valence-corrected chi connectivity index (χ1v) is 14.8. The van der Waals surface area contributed by atoms with Crippen LogP contribution in [-0.4, -0.2) is 48.5 Å². The van der Waals surface area contributed by atoms with Gasteiger partial charge in [0.15, 0.2) is 11.9 Å². The summed E-state index contributed by atoms with van der Waals surface area (Å²) < 4.78 is 7.29. The minimum atomic E-state index is -0.511. The van der Waals surface area contributed by atoms with E-state index in [1.807, 2.05) is 12.1 Å². The van der Waals surface area contributed by atoms with Crippen molar-refractivity contribution >= 4 is 11.8 Å². The molecule has 4 aliphatic rings. The normalized spacial score (nSPS) is 26.8. The van der Waals surface area contributed by atoms with Crippen molar-refractivity contribution in [3.05, 3.63) is 71.8 Å². The summed E-state index contributed by atoms with van der Waals surface area (Å²) in [6.45, 7) is 3.53. The Morgan fingerprint density at radius 1 is 0.838 bits per heavy atom. The molecule has 198 valence electrons. The number of unbranched alkanes of at least 4 members (excludes halogenated alkanes) is 1. The third-order valence-electron chi connectivity index (χ3n) is 9.50. The van der Waals surface area contributed by atoms with Crippen LogP contribution in [0.3, 0.4) is 0 Å². The Bertz CT molecular complexity index is 1020. The van der Waals surface area contributed by atoms with Crippen molar-refractivity contribution in [2.75, 3.05) is 26.2 Å². The van der Waals surface area contributed by atoms with E-state index in [-0.39, 0.29) is 12.1 Å². The number of esters is 1. The third kappa shape index (κ3) is 6.17. The van der Waals surface area contributed by atoms with Gasteiger partial charge in [0, 0.05) is 25.2 Å². The van der Waals surface area contributed by atoms with E-state index in [0.717, 1.165) is 87.5 Å². The van der Waals surface area contributed by atoms with E-state index >= 15 is 0 Å². The fourth-order valence-corrected chi connectivity index (χ4v) is 7.28. The van der Waals surface area contributed by atoms with Gasteiger partial charge in [0.25, 0.3) is 0 Å². The summed E-state index contributed by atoms with van der Waals surface area (Å²) in [6, 6.07) is 20.9. The number of piperidine rings is 3. The summed E-state index contributed by atoms with van der Waals surface area (Å²) in [5.41, 5.74) is 1.96. The van der Waals surface area contributed by atoms with Crippen LogP contribution in [0.15, 0.2) is 60.7 Å². The summed E-state index contributed by atoms with van der Waals surface area (Å²) >= 11 is 0. The first-order chi connectivity index (χ1) is 18.1. The predicted molar refractivity (Wildman–Crippen MR) is 147 cm³/mol. The molecule has 37 heavy (non-hydrogen) atoms. The Kier molecular flexibility index (Phi) is 8.44. The summed E-state index contributed by atoms with van der Waals surface area (Å²) in [7, 11) is 0. The maximum Gasteiger partial charge on any atom is 0.317 e. The molecule has 2 aromatic carbocycles. The Balaban J connectivity index is 1.19. The lowest BCUT2D eigenvalue weighted by atomic mass is 9.74. The van der Waals surface area contributed by atoms with Gasteiger partial charge in [0.2, 0.25) is 0 Å². The van der Waals surface area contributed by atoms with Crippen molar-refractivity contribution in [3.8, 4) is 0 Å². The second-order valence-electron chi connectivity index (χ2n) is 12.0. The van der Waals surface area contributed by atoms with Gasteiger partial charge in [-0.3, -0.25) is 9.59 Å². The zero-order valence-electron chi connectivity index (χ0n) is 22.4. The van der Waals surface area contributed by atoms with Gasteiger partial charge >= 0.3 is 5.97 Å². The minimum absolute atomic E-state index is 0.00950. The van der Waals surface area contributed by atoms with Crippen molar-refractivity contribution in [3.63, 3.8) is 0 Å². The molecule has 0 amide bonds. The van der Waals surface area contributed by atoms with Crippen LogP contribution < -0.4 is 0 Å². The summed E-state index contributed by atoms with van der Waals surface area (Å²) in [4.78, 5) is 27.0. The number of ether oxygens (including phenoxy) is 1. The topological polar surface area (TPSA) is 43.4 Å². The van der Waals surface area contributed by atoms with E-state index < -0.39 is 5.41 Å². The molecule has 0 unspecified atom stereocenters. The van der Waals surface area contributed by atoms with Crippen LogP contribution in [0.5, 0.6) is 0 Å². The molecule has 6 rings (SSSR count). The van der Waals surface area contributed by atoms with Crippen LogP contribution in [-0.2, 0) is 26.2 Å². The Morgan fingerprint density at radius 3 is 2.16 bits per heavy atom. The summed E-state index contributed by atoms with van der Waals surface area (Å²) in [6.07, 6.45) is 12.1. The van der Waals surface area contributed by atoms with Gasteiger partial charge in [-0.05, 0) is 43.2 Å². The Hall–Kier alpha value is -2.46. The second kappa shape index (κ2) is 11.9. The van der Waals surface area contributed by atoms with Crippen molar-refractivity contribution in [2.45, 2.75) is 88.6 Å². The van der Waals surface area contributed by atoms with Crippen LogP contribution >= 0.6 is 0 Å². The van der Waals surface area contributed by atoms with Gasteiger partial charge in [0.05, 0.1) is 18.5 Å². The lowest BCUT2D eigenvalue weighted by Crippen LogP contribution is -2.66. The minimum Gasteiger partial charge on any atom is -0.455 e. The van der Waals surface area contributed by atoms with Gasteiger partial charge in [-0.1, -0.05) is 86.3 Å². The molecule has 2 aromatic rings. The van der Waals surface area contributed by atoms with E-state index in [0.29, 0.717) is 24.7 Å². The van der Waals surface area contributed by atoms with Crippen LogP contribution in [0.4, 0.5) is 0 Å². The highest BCUT2D eigenvalue weighted by Crippen LogP contribution is 2.42. The highest BCUT2D eigenvalue weighted by molar-refractivity contribution is 5.83. The SMILES string of the molecule is O=C(CCCCc1ccccc1)C[N+]12CCC(CC1)[C@@H](OC(=O)C1(c3ccccc3)CCCCCC1)C2. The molecule has 4 nitrogen and oxygen atoms in total. The number of carbonyl (C=O) groups excluding carboxylic acids is 2. The highest BCUT2D eigenvalue weighted by atomic mass is 16.5. The van der Waals surface area contributed by atoms with Crippen molar-refractivity contribution in [1.29, 1.82) is 0 Å². The number of aryl methyl sites for hydroxylation is 1. The monoisotopic (exact) mass is 502 g/mol. The molecule has 0 spiro atoms. The Morgan fingerprint density at radius 2 is 1.49 bits per heavy atom. The van der Waals surface area contributed by atoms with Crippen LogP contribution in [0.1, 0.15) is 81.8 Å². The quantitative estimate of drug-likeness (QED) is 0.163. The number of quaternary nitrogens is 1. The van der Waals surface area contributed by atoms with Crippen molar-refractivity contribution in [1.82, 2.24) is 0 Å². The smallest absolute Gasteiger partial charge is 0.317 e. The van der Waals surface area contributed by atoms with Crippen LogP contribution in [0.25, 0.3) is 0 Å². The molecule has 3 heterocycles. The molecule has 0 radical (unpaired) electrons. The zero-order chi connectivity index (χ0) is 25.6. The molecule has 4 heteroatoms. The number of ketones is 1. The lowest BCUT2D eigenvalue weighted by Gasteiger charge is -2.52. The number of Topliss-reactive ketones (excluding diaryl/α,β-unsaturated/α-hetero) is 1. The molecule has 0 aromatic heterocycles. The molecular weight excluding hydrogens is 458 g/mol. The fourth-order valence-electron chi connectivity index (χ4n) is 7.28. The number of hydrogen-bond acceptors (Lipinski definition) is 3. The van der Waals surface area contributed by atoms with Crippen LogP contribution in [0, 0.1) is 5.92 Å². The average molecular weight is 503 g/mol. The fraction of sp³-hybridized carbons (Fsp3) is 0.576. The number of rotatable bonds is 10. The number of benzene rings is 2. The highest BCUT2D eigenvalue weighted by Gasteiger charge is 2.50. The molecule has 1 aliphatic carbocycles. The van der Waals surface area contributed by atoms with Crippen molar-refractivity contribution < 1.29 is 18.8 Å². The van der Waals surface area contributed by atoms with E-state index in [1.54, 1.807) is 0 Å². The van der Waals surface area contributed by atoms with E-state index in [2.05, 4.69) is 48.5 Å². The maximum atomic E-state index is 13.9. The number of hydrogen-bond donors (Lipinski definition) is 0. The molecule has 3 aliphatic heterocycles. The molecule has 4 fully saturated rings. The molecule has 0 N–H and O–H groups in total. The summed E-state index contributed by atoms with van der Waals surface area (Å²) in [5.74, 6) is 0.816. The molecule has 1 atom stereocenters. The maximum absolute atomic E-state index is 13.9. The number of nitrogens with zero attached hydrogens (tertiary/aromatic N) is 1. The first-order valence-electron chi connectivity index (χ1n) is 14.8. The van der Waals surface area contributed by atoms with Gasteiger partial charge < -0.3 is 9.22 Å². The molecule has 3 saturated heterocycles. The number of fused-ring (bicyclic) bond motifs is 3. The first kappa shape index (κ1) is 26.2. The average Bonchev–Trinajstić information content (AvgIpc) is 3.20. The van der Waals surface area contributed by atoms with Crippen molar-refractivity contribution in [2.24, 2.45) is 5.92 Å². The number of carbonyl (C=O) groups is 2. The Labute approximate surface area is 223 Å². The molecule has 2 bridgehead atoms. The van der Waals surface area contributed by atoms with Gasteiger partial charge in [-0.25, -0.2) is 0 Å². The molecular formula is C33H44NO3+. The second-order valence-corrected chi connectivity index (χ2v) is 12.0. The summed E-state index contributed by atoms with van der Waals surface area (Å²) in [5, 5.41) is 0. The lowest BCUT2D eigenvalue weighted by molar-refractivity contribution is -0.939. The van der Waals surface area contributed by atoms with E-state index in [1.165, 1.54) is 18.4 Å². The third-order valence-corrected chi connectivity index (χ3v) is 9.50. The molecule has 1 saturated carbocycles. The van der Waals surface area contributed by atoms with Gasteiger partial charge in [-0.2, -0.15) is 0 Å². The van der Waals surface area contributed by atoms with E-state index in [4.69, 9.17) is 4.74 Å². The standard InChI is InChI=1S/C33H44NO3/c35-30(18-10-9-15-27-13-5-3-6-14-27)25-34-23-19-28(20-24-34)31(26-34)37-32(36)33(21-11-1-2-12-22-33)29-16-7-4-8-17-29/h3-8,13-14,16-17,28,31H,1-2,9-12,15,18-26H2/q+1/t28?,31-,34?/m0/s1. The van der Waals surface area contributed by atoms with Gasteiger partial charge in [-0.15, -0.1) is 0 Å². The largest absolute Gasteiger partial charge is 0.455 e. The van der Waals surface area contributed by atoms with E-state index in [9.17, 15) is 9.59 Å². The van der Waals surface area contributed by atoms with Gasteiger partial charge in [0.1, 0.15) is 13.1 Å².